The molecule has 1 saturated carbocycles. The quantitative estimate of drug-likeness (QED) is 0.579. The fourth-order valence-corrected chi connectivity index (χ4v) is 3.87. The minimum absolute atomic E-state index is 0.200. The van der Waals surface area contributed by atoms with Gasteiger partial charge in [0, 0.05) is 13.6 Å². The Balaban J connectivity index is 1.60. The van der Waals surface area contributed by atoms with Gasteiger partial charge in [0.05, 0.1) is 24.5 Å². The lowest BCUT2D eigenvalue weighted by Crippen LogP contribution is -2.41. The molecule has 0 spiro atoms. The first-order valence-electron chi connectivity index (χ1n) is 9.19. The Labute approximate surface area is 158 Å². The number of fused-ring (bicyclic) bond motifs is 1. The number of ether oxygens (including phenoxy) is 1. The topological polar surface area (TPSA) is 84.0 Å². The van der Waals surface area contributed by atoms with Crippen LogP contribution in [-0.2, 0) is 25.7 Å². The van der Waals surface area contributed by atoms with Crippen LogP contribution in [0.1, 0.15) is 41.6 Å². The van der Waals surface area contributed by atoms with Gasteiger partial charge in [-0.2, -0.15) is 0 Å². The van der Waals surface area contributed by atoms with Crippen LogP contribution in [0, 0.1) is 11.8 Å². The van der Waals surface area contributed by atoms with Crippen LogP contribution in [0.4, 0.5) is 0 Å². The van der Waals surface area contributed by atoms with Crippen molar-refractivity contribution in [3.05, 3.63) is 35.4 Å². The molecule has 2 aliphatic rings. The van der Waals surface area contributed by atoms with Crippen molar-refractivity contribution in [2.24, 2.45) is 11.8 Å². The van der Waals surface area contributed by atoms with Crippen molar-refractivity contribution in [2.45, 2.75) is 32.2 Å². The molecule has 3 amide bonds. The Morgan fingerprint density at radius 2 is 1.63 bits per heavy atom. The van der Waals surface area contributed by atoms with Gasteiger partial charge in [0.25, 0.3) is 0 Å². The number of likely N-dealkylation sites (N-methyl/N-ethyl adjacent to an activating group) is 1. The number of amides is 3. The average Bonchev–Trinajstić information content (AvgIpc) is 2.93. The first-order valence-corrected chi connectivity index (χ1v) is 9.19. The van der Waals surface area contributed by atoms with E-state index in [0.29, 0.717) is 12.1 Å². The summed E-state index contributed by atoms with van der Waals surface area (Å²) in [5.74, 6) is -1.58. The Morgan fingerprint density at radius 3 is 2.15 bits per heavy atom. The number of hydrogen-bond donors (Lipinski definition) is 0. The number of carbonyl (C=O) groups excluding carboxylic acids is 4. The molecule has 144 valence electrons. The van der Waals surface area contributed by atoms with Crippen LogP contribution >= 0.6 is 0 Å². The predicted molar refractivity (Wildman–Crippen MR) is 96.4 cm³/mol. The molecule has 2 fully saturated rings. The van der Waals surface area contributed by atoms with Crippen LogP contribution in [0.2, 0.25) is 0 Å². The normalized spacial score (nSPS) is 21.8. The van der Waals surface area contributed by atoms with E-state index in [4.69, 9.17) is 0 Å². The van der Waals surface area contributed by atoms with E-state index in [2.05, 4.69) is 4.74 Å². The number of hydrogen-bond acceptors (Lipinski definition) is 5. The average molecular weight is 372 g/mol. The lowest BCUT2D eigenvalue weighted by atomic mass is 9.81. The zero-order chi connectivity index (χ0) is 19.6. The summed E-state index contributed by atoms with van der Waals surface area (Å²) in [6.45, 7) is 0.116. The fraction of sp³-hybridized carbons (Fsp3) is 0.500. The smallest absolute Gasteiger partial charge is 0.337 e. The number of esters is 1. The molecule has 27 heavy (non-hydrogen) atoms. The minimum Gasteiger partial charge on any atom is -0.465 e. The van der Waals surface area contributed by atoms with Crippen molar-refractivity contribution in [3.63, 3.8) is 0 Å². The maximum atomic E-state index is 12.5. The molecule has 7 nitrogen and oxygen atoms in total. The molecular weight excluding hydrogens is 348 g/mol. The van der Waals surface area contributed by atoms with Crippen molar-refractivity contribution < 1.29 is 23.9 Å². The van der Waals surface area contributed by atoms with Gasteiger partial charge in [0.1, 0.15) is 6.54 Å². The van der Waals surface area contributed by atoms with E-state index < -0.39 is 5.97 Å². The van der Waals surface area contributed by atoms with Crippen LogP contribution in [0.5, 0.6) is 0 Å². The highest BCUT2D eigenvalue weighted by molar-refractivity contribution is 6.07. The van der Waals surface area contributed by atoms with Crippen molar-refractivity contribution in [1.82, 2.24) is 9.80 Å². The molecule has 1 aromatic rings. The van der Waals surface area contributed by atoms with Gasteiger partial charge in [-0.05, 0) is 30.5 Å². The summed E-state index contributed by atoms with van der Waals surface area (Å²) in [5.41, 5.74) is 1.28. The van der Waals surface area contributed by atoms with Gasteiger partial charge in [-0.15, -0.1) is 0 Å². The molecule has 3 rings (SSSR count). The molecule has 1 aliphatic heterocycles. The number of nitrogens with zero attached hydrogens (tertiary/aromatic N) is 2. The maximum absolute atomic E-state index is 12.5. The summed E-state index contributed by atoms with van der Waals surface area (Å²) in [5, 5.41) is 0. The summed E-state index contributed by atoms with van der Waals surface area (Å²) in [7, 11) is 2.95. The summed E-state index contributed by atoms with van der Waals surface area (Å²) >= 11 is 0. The predicted octanol–water partition coefficient (Wildman–Crippen LogP) is 1.61. The van der Waals surface area contributed by atoms with Crippen LogP contribution in [0.15, 0.2) is 24.3 Å². The number of imide groups is 1. The van der Waals surface area contributed by atoms with Gasteiger partial charge in [0.15, 0.2) is 0 Å². The van der Waals surface area contributed by atoms with Gasteiger partial charge in [-0.1, -0.05) is 25.0 Å². The number of carbonyl (C=O) groups is 4. The zero-order valence-electron chi connectivity index (χ0n) is 15.6. The van der Waals surface area contributed by atoms with E-state index in [-0.39, 0.29) is 36.1 Å². The van der Waals surface area contributed by atoms with E-state index in [1.807, 2.05) is 0 Å². The van der Waals surface area contributed by atoms with Gasteiger partial charge in [-0.25, -0.2) is 4.79 Å². The third-order valence-corrected chi connectivity index (χ3v) is 5.45. The zero-order valence-corrected chi connectivity index (χ0v) is 15.6. The summed E-state index contributed by atoms with van der Waals surface area (Å²) < 4.78 is 4.66. The third kappa shape index (κ3) is 3.86. The highest BCUT2D eigenvalue weighted by Crippen LogP contribution is 2.37. The van der Waals surface area contributed by atoms with E-state index in [9.17, 15) is 19.2 Å². The molecule has 0 N–H and O–H groups in total. The Kier molecular flexibility index (Phi) is 5.58. The molecule has 1 aliphatic carbocycles. The molecule has 1 heterocycles. The highest BCUT2D eigenvalue weighted by Gasteiger charge is 2.48. The number of benzene rings is 1. The fourth-order valence-electron chi connectivity index (χ4n) is 3.87. The second kappa shape index (κ2) is 7.90. The molecule has 2 unspecified atom stereocenters. The van der Waals surface area contributed by atoms with Crippen LogP contribution in [-0.4, -0.2) is 54.2 Å². The van der Waals surface area contributed by atoms with E-state index in [1.165, 1.54) is 12.0 Å². The molecule has 2 atom stereocenters. The Hall–Kier alpha value is -2.70. The number of rotatable bonds is 5. The van der Waals surface area contributed by atoms with Crippen molar-refractivity contribution in [2.75, 3.05) is 20.7 Å². The minimum atomic E-state index is -0.418. The van der Waals surface area contributed by atoms with Crippen LogP contribution in [0.25, 0.3) is 0 Å². The molecule has 0 radical (unpaired) electrons. The number of likely N-dealkylation sites (tertiary alicyclic amines) is 1. The third-order valence-electron chi connectivity index (χ3n) is 5.45. The molecular formula is C20H24N2O5. The summed E-state index contributed by atoms with van der Waals surface area (Å²) in [4.78, 5) is 51.6. The first kappa shape index (κ1) is 19.1. The lowest BCUT2D eigenvalue weighted by molar-refractivity contribution is -0.146. The van der Waals surface area contributed by atoms with Gasteiger partial charge in [0.2, 0.25) is 17.7 Å². The molecule has 1 saturated heterocycles. The summed E-state index contributed by atoms with van der Waals surface area (Å²) in [6.07, 6.45) is 3.40. The van der Waals surface area contributed by atoms with Gasteiger partial charge < -0.3 is 9.64 Å². The van der Waals surface area contributed by atoms with Crippen LogP contribution in [0.3, 0.4) is 0 Å². The SMILES string of the molecule is COC(=O)c1ccc(CN(C)C(=O)CN2C(=O)C3CCCCC3C2=O)cc1. The van der Waals surface area contributed by atoms with E-state index >= 15 is 0 Å². The molecule has 0 aromatic heterocycles. The lowest BCUT2D eigenvalue weighted by Gasteiger charge is -2.21. The Morgan fingerprint density at radius 1 is 1.07 bits per heavy atom. The molecule has 7 heteroatoms. The first-order chi connectivity index (χ1) is 12.9. The van der Waals surface area contributed by atoms with Crippen molar-refractivity contribution in [3.8, 4) is 0 Å². The number of methoxy groups -OCH3 is 1. The second-order valence-corrected chi connectivity index (χ2v) is 7.20. The molecule has 0 bridgehead atoms. The Bertz CT molecular complexity index is 734. The highest BCUT2D eigenvalue weighted by atomic mass is 16.5. The van der Waals surface area contributed by atoms with Crippen molar-refractivity contribution >= 4 is 23.7 Å². The van der Waals surface area contributed by atoms with Crippen LogP contribution < -0.4 is 0 Å². The summed E-state index contributed by atoms with van der Waals surface area (Å²) in [6, 6.07) is 6.77. The standard InChI is InChI=1S/C20H24N2O5/c1-21(11-13-7-9-14(10-8-13)20(26)27-2)17(23)12-22-18(24)15-5-3-4-6-16(15)19(22)25/h7-10,15-16H,3-6,11-12H2,1-2H3. The monoisotopic (exact) mass is 372 g/mol. The molecule has 1 aromatic carbocycles. The maximum Gasteiger partial charge on any atom is 0.337 e. The van der Waals surface area contributed by atoms with Crippen molar-refractivity contribution in [1.29, 1.82) is 0 Å². The van der Waals surface area contributed by atoms with Gasteiger partial charge in [-0.3, -0.25) is 19.3 Å². The second-order valence-electron chi connectivity index (χ2n) is 7.20. The van der Waals surface area contributed by atoms with Gasteiger partial charge >= 0.3 is 5.97 Å². The van der Waals surface area contributed by atoms with E-state index in [0.717, 1.165) is 36.1 Å². The largest absolute Gasteiger partial charge is 0.465 e. The van der Waals surface area contributed by atoms with E-state index in [1.54, 1.807) is 31.3 Å².